The fourth-order valence-electron chi connectivity index (χ4n) is 4.55. The highest BCUT2D eigenvalue weighted by atomic mass is 32.1. The SMILES string of the molecule is CC(C)CC(NC(=O)C(N)CS)C(=O)N1CCCC1C(=O)NC(Cc1c[nH]c2ccccc12)C(=O)O. The average molecular weight is 518 g/mol. The molecule has 36 heavy (non-hydrogen) atoms. The molecule has 1 aromatic carbocycles. The number of nitrogens with two attached hydrogens (primary N) is 1. The Hall–Kier alpha value is -3.05. The second kappa shape index (κ2) is 12.3. The van der Waals surface area contributed by atoms with Crippen molar-refractivity contribution in [2.75, 3.05) is 12.3 Å². The van der Waals surface area contributed by atoms with Crippen molar-refractivity contribution in [2.45, 2.75) is 63.7 Å². The van der Waals surface area contributed by atoms with Crippen LogP contribution in [0.25, 0.3) is 10.9 Å². The maximum absolute atomic E-state index is 13.4. The normalized spacial score (nSPS) is 18.1. The summed E-state index contributed by atoms with van der Waals surface area (Å²) in [4.78, 5) is 55.5. The van der Waals surface area contributed by atoms with Gasteiger partial charge in [-0.3, -0.25) is 14.4 Å². The molecule has 1 fully saturated rings. The molecule has 2 heterocycles. The lowest BCUT2D eigenvalue weighted by atomic mass is 10.0. The van der Waals surface area contributed by atoms with E-state index in [0.717, 1.165) is 16.5 Å². The Morgan fingerprint density at radius 3 is 2.58 bits per heavy atom. The molecule has 11 heteroatoms. The summed E-state index contributed by atoms with van der Waals surface area (Å²) >= 11 is 4.04. The lowest BCUT2D eigenvalue weighted by Crippen LogP contribution is -2.57. The van der Waals surface area contributed by atoms with E-state index < -0.39 is 42.0 Å². The molecule has 3 rings (SSSR count). The molecule has 0 spiro atoms. The Balaban J connectivity index is 1.73. The quantitative estimate of drug-likeness (QED) is 0.245. The number of aromatic amines is 1. The van der Waals surface area contributed by atoms with E-state index in [0.29, 0.717) is 25.8 Å². The fourth-order valence-corrected chi connectivity index (χ4v) is 4.71. The van der Waals surface area contributed by atoms with Gasteiger partial charge in [-0.1, -0.05) is 32.0 Å². The molecule has 4 atom stereocenters. The van der Waals surface area contributed by atoms with Gasteiger partial charge in [0.2, 0.25) is 17.7 Å². The van der Waals surface area contributed by atoms with Crippen molar-refractivity contribution in [3.63, 3.8) is 0 Å². The van der Waals surface area contributed by atoms with Crippen LogP contribution >= 0.6 is 12.6 Å². The largest absolute Gasteiger partial charge is 0.480 e. The number of carbonyl (C=O) groups is 4. The first-order valence-corrected chi connectivity index (χ1v) is 12.8. The first-order chi connectivity index (χ1) is 17.1. The second-order valence-electron chi connectivity index (χ2n) is 9.63. The molecule has 0 aliphatic carbocycles. The van der Waals surface area contributed by atoms with Crippen LogP contribution in [0.5, 0.6) is 0 Å². The van der Waals surface area contributed by atoms with Crippen LogP contribution in [0, 0.1) is 5.92 Å². The Kier molecular flexibility index (Phi) is 9.38. The summed E-state index contributed by atoms with van der Waals surface area (Å²) in [6.45, 7) is 4.21. The molecular formula is C25H35N5O5S. The number of carboxylic acid groups (broad SMARTS) is 1. The van der Waals surface area contributed by atoms with Crippen molar-refractivity contribution in [2.24, 2.45) is 11.7 Å². The number of likely N-dealkylation sites (tertiary alicyclic amines) is 1. The Bertz CT molecular complexity index is 1100. The summed E-state index contributed by atoms with van der Waals surface area (Å²) in [6, 6.07) is 3.87. The van der Waals surface area contributed by atoms with Crippen molar-refractivity contribution >= 4 is 47.2 Å². The molecule has 0 radical (unpaired) electrons. The van der Waals surface area contributed by atoms with E-state index in [-0.39, 0.29) is 24.0 Å². The summed E-state index contributed by atoms with van der Waals surface area (Å²) in [5.41, 5.74) is 7.42. The fraction of sp³-hybridized carbons (Fsp3) is 0.520. The van der Waals surface area contributed by atoms with Gasteiger partial charge in [-0.05, 0) is 36.8 Å². The Morgan fingerprint density at radius 1 is 1.19 bits per heavy atom. The van der Waals surface area contributed by atoms with Crippen LogP contribution in [-0.4, -0.2) is 75.1 Å². The predicted molar refractivity (Wildman–Crippen MR) is 140 cm³/mol. The van der Waals surface area contributed by atoms with Crippen molar-refractivity contribution in [3.8, 4) is 0 Å². The molecule has 6 N–H and O–H groups in total. The van der Waals surface area contributed by atoms with Gasteiger partial charge >= 0.3 is 5.97 Å². The third-order valence-electron chi connectivity index (χ3n) is 6.41. The maximum atomic E-state index is 13.4. The number of thiol groups is 1. The van der Waals surface area contributed by atoms with Crippen LogP contribution in [0.2, 0.25) is 0 Å². The van der Waals surface area contributed by atoms with Gasteiger partial charge in [-0.2, -0.15) is 12.6 Å². The van der Waals surface area contributed by atoms with Crippen molar-refractivity contribution < 1.29 is 24.3 Å². The van der Waals surface area contributed by atoms with Gasteiger partial charge < -0.3 is 31.4 Å². The summed E-state index contributed by atoms with van der Waals surface area (Å²) in [5.74, 6) is -2.28. The van der Waals surface area contributed by atoms with E-state index in [4.69, 9.17) is 5.73 Å². The second-order valence-corrected chi connectivity index (χ2v) is 10.00. The van der Waals surface area contributed by atoms with Gasteiger partial charge in [0.05, 0.1) is 6.04 Å². The van der Waals surface area contributed by atoms with Crippen LogP contribution in [0.15, 0.2) is 30.5 Å². The molecule has 1 aromatic heterocycles. The lowest BCUT2D eigenvalue weighted by molar-refractivity contribution is -0.145. The number of nitrogens with zero attached hydrogens (tertiary/aromatic N) is 1. The molecule has 10 nitrogen and oxygen atoms in total. The summed E-state index contributed by atoms with van der Waals surface area (Å²) in [5, 5.41) is 16.0. The van der Waals surface area contributed by atoms with E-state index in [2.05, 4.69) is 28.2 Å². The summed E-state index contributed by atoms with van der Waals surface area (Å²) in [7, 11) is 0. The topological polar surface area (TPSA) is 158 Å². The van der Waals surface area contributed by atoms with E-state index >= 15 is 0 Å². The van der Waals surface area contributed by atoms with Gasteiger partial charge in [-0.25, -0.2) is 4.79 Å². The number of aromatic nitrogens is 1. The molecule has 4 unspecified atom stereocenters. The van der Waals surface area contributed by atoms with Crippen LogP contribution in [-0.2, 0) is 25.6 Å². The first kappa shape index (κ1) is 27.5. The van der Waals surface area contributed by atoms with Gasteiger partial charge in [0.15, 0.2) is 0 Å². The number of fused-ring (bicyclic) bond motifs is 1. The molecule has 196 valence electrons. The first-order valence-electron chi connectivity index (χ1n) is 12.2. The molecule has 3 amide bonds. The number of benzene rings is 1. The highest BCUT2D eigenvalue weighted by molar-refractivity contribution is 7.80. The zero-order chi connectivity index (χ0) is 26.4. The third-order valence-corrected chi connectivity index (χ3v) is 6.80. The number of hydrogen-bond donors (Lipinski definition) is 6. The number of hydrogen-bond acceptors (Lipinski definition) is 6. The zero-order valence-electron chi connectivity index (χ0n) is 20.6. The number of rotatable bonds is 11. The van der Waals surface area contributed by atoms with Gasteiger partial charge in [0.25, 0.3) is 0 Å². The van der Waals surface area contributed by atoms with E-state index in [1.54, 1.807) is 6.20 Å². The maximum Gasteiger partial charge on any atom is 0.326 e. The lowest BCUT2D eigenvalue weighted by Gasteiger charge is -2.30. The van der Waals surface area contributed by atoms with Crippen molar-refractivity contribution in [1.82, 2.24) is 20.5 Å². The van der Waals surface area contributed by atoms with Gasteiger partial charge in [-0.15, -0.1) is 0 Å². The minimum Gasteiger partial charge on any atom is -0.480 e. The number of carboxylic acids is 1. The van der Waals surface area contributed by atoms with E-state index in [9.17, 15) is 24.3 Å². The standard InChI is InChI=1S/C25H35N5O5S/c1-14(2)10-19(28-22(31)17(26)13-36)24(33)30-9-5-8-21(30)23(32)29-20(25(34)35)11-15-12-27-18-7-4-3-6-16(15)18/h3-4,6-7,12,14,17,19-21,27,36H,5,8-11,13,26H2,1-2H3,(H,28,31)(H,29,32)(H,34,35). The monoisotopic (exact) mass is 517 g/mol. The molecule has 1 aliphatic heterocycles. The molecule has 1 saturated heterocycles. The number of carbonyl (C=O) groups excluding carboxylic acids is 3. The van der Waals surface area contributed by atoms with Crippen LogP contribution in [0.1, 0.15) is 38.7 Å². The van der Waals surface area contributed by atoms with Gasteiger partial charge in [0, 0.05) is 35.8 Å². The number of aliphatic carboxylic acids is 1. The van der Waals surface area contributed by atoms with Gasteiger partial charge in [0.1, 0.15) is 18.1 Å². The summed E-state index contributed by atoms with van der Waals surface area (Å²) in [6.07, 6.45) is 3.23. The molecule has 0 bridgehead atoms. The number of nitrogens with one attached hydrogen (secondary N) is 3. The summed E-state index contributed by atoms with van der Waals surface area (Å²) < 4.78 is 0. The highest BCUT2D eigenvalue weighted by Gasteiger charge is 2.39. The van der Waals surface area contributed by atoms with Crippen LogP contribution in [0.3, 0.4) is 0 Å². The molecule has 0 saturated carbocycles. The smallest absolute Gasteiger partial charge is 0.326 e. The van der Waals surface area contributed by atoms with E-state index in [1.165, 1.54) is 4.90 Å². The minimum absolute atomic E-state index is 0.0966. The Labute approximate surface area is 215 Å². The van der Waals surface area contributed by atoms with Crippen LogP contribution < -0.4 is 16.4 Å². The van der Waals surface area contributed by atoms with Crippen molar-refractivity contribution in [3.05, 3.63) is 36.0 Å². The van der Waals surface area contributed by atoms with Crippen molar-refractivity contribution in [1.29, 1.82) is 0 Å². The number of para-hydroxylation sites is 1. The van der Waals surface area contributed by atoms with E-state index in [1.807, 2.05) is 38.1 Å². The average Bonchev–Trinajstić information content (AvgIpc) is 3.49. The number of H-pyrrole nitrogens is 1. The third kappa shape index (κ3) is 6.58. The predicted octanol–water partition coefficient (Wildman–Crippen LogP) is 1.06. The van der Waals surface area contributed by atoms with Crippen LogP contribution in [0.4, 0.5) is 0 Å². The zero-order valence-corrected chi connectivity index (χ0v) is 21.5. The molecular weight excluding hydrogens is 482 g/mol. The molecule has 1 aliphatic rings. The Morgan fingerprint density at radius 2 is 1.92 bits per heavy atom. The molecule has 2 aromatic rings. The number of amides is 3. The minimum atomic E-state index is -1.16. The highest BCUT2D eigenvalue weighted by Crippen LogP contribution is 2.22.